The van der Waals surface area contributed by atoms with Crippen LogP contribution < -0.4 is 20.1 Å². The van der Waals surface area contributed by atoms with Crippen LogP contribution in [0.3, 0.4) is 0 Å². The van der Waals surface area contributed by atoms with E-state index < -0.39 is 10.0 Å². The second-order valence-electron chi connectivity index (χ2n) is 6.36. The number of hydrogen-bond acceptors (Lipinski definition) is 5. The molecule has 0 bridgehead atoms. The van der Waals surface area contributed by atoms with Gasteiger partial charge in [-0.05, 0) is 73.7 Å². The van der Waals surface area contributed by atoms with Crippen LogP contribution in [0.1, 0.15) is 17.3 Å². The van der Waals surface area contributed by atoms with E-state index in [1.165, 1.54) is 12.1 Å². The van der Waals surface area contributed by atoms with Crippen LogP contribution in [-0.2, 0) is 10.0 Å². The van der Waals surface area contributed by atoms with Crippen LogP contribution in [0.15, 0.2) is 83.8 Å². The third-order valence-corrected chi connectivity index (χ3v) is 5.68. The summed E-state index contributed by atoms with van der Waals surface area (Å²) in [6.45, 7) is 2.36. The first-order chi connectivity index (χ1) is 14.9. The molecule has 3 aromatic rings. The highest BCUT2D eigenvalue weighted by Gasteiger charge is 2.14. The molecule has 0 atom stereocenters. The van der Waals surface area contributed by atoms with Crippen LogP contribution >= 0.6 is 12.2 Å². The van der Waals surface area contributed by atoms with Gasteiger partial charge in [0.2, 0.25) is 0 Å². The highest BCUT2D eigenvalue weighted by molar-refractivity contribution is 7.92. The number of benzene rings is 3. The molecule has 31 heavy (non-hydrogen) atoms. The number of nitrogens with one attached hydrogen (secondary N) is 3. The first-order valence-electron chi connectivity index (χ1n) is 9.40. The predicted octanol–water partition coefficient (Wildman–Crippen LogP) is 4.01. The largest absolute Gasteiger partial charge is 0.494 e. The van der Waals surface area contributed by atoms with Crippen molar-refractivity contribution >= 4 is 44.6 Å². The average Bonchev–Trinajstić information content (AvgIpc) is 2.75. The summed E-state index contributed by atoms with van der Waals surface area (Å²) in [5.41, 5.74) is 1.41. The van der Waals surface area contributed by atoms with E-state index in [2.05, 4.69) is 15.4 Å². The first-order valence-corrected chi connectivity index (χ1v) is 11.3. The number of amides is 1. The number of para-hydroxylation sites is 1. The van der Waals surface area contributed by atoms with E-state index in [0.717, 1.165) is 0 Å². The summed E-state index contributed by atoms with van der Waals surface area (Å²) in [5.74, 6) is 0.209. The van der Waals surface area contributed by atoms with E-state index >= 15 is 0 Å². The molecule has 9 heteroatoms. The van der Waals surface area contributed by atoms with Gasteiger partial charge in [-0.25, -0.2) is 8.42 Å². The Morgan fingerprint density at radius 1 is 0.935 bits per heavy atom. The van der Waals surface area contributed by atoms with E-state index in [9.17, 15) is 13.2 Å². The molecule has 0 aliphatic rings. The summed E-state index contributed by atoms with van der Waals surface area (Å²) in [7, 11) is -3.71. The molecule has 0 unspecified atom stereocenters. The average molecular weight is 456 g/mol. The standard InChI is InChI=1S/C22H21N3O4S2/c1-2-29-19-10-6-7-16(15-19)21(26)24-22(30)23-17-11-13-20(14-12-17)31(27,28)25-18-8-4-3-5-9-18/h3-15,25H,2H2,1H3,(H2,23,24,26,30). The highest BCUT2D eigenvalue weighted by Crippen LogP contribution is 2.18. The van der Waals surface area contributed by atoms with Crippen LogP contribution in [0.2, 0.25) is 0 Å². The van der Waals surface area contributed by atoms with Gasteiger partial charge in [0.25, 0.3) is 15.9 Å². The number of rotatable bonds is 7. The van der Waals surface area contributed by atoms with Gasteiger partial charge in [0.15, 0.2) is 5.11 Å². The molecule has 3 rings (SSSR count). The van der Waals surface area contributed by atoms with Crippen molar-refractivity contribution in [3.05, 3.63) is 84.4 Å². The lowest BCUT2D eigenvalue weighted by Gasteiger charge is -2.12. The maximum absolute atomic E-state index is 12.5. The van der Waals surface area contributed by atoms with Crippen LogP contribution in [0.25, 0.3) is 0 Å². The molecule has 0 aromatic heterocycles. The summed E-state index contributed by atoms with van der Waals surface area (Å²) < 4.78 is 32.9. The predicted molar refractivity (Wildman–Crippen MR) is 125 cm³/mol. The Kier molecular flexibility index (Phi) is 7.22. The lowest BCUT2D eigenvalue weighted by Crippen LogP contribution is -2.34. The van der Waals surface area contributed by atoms with Crippen molar-refractivity contribution in [2.24, 2.45) is 0 Å². The lowest BCUT2D eigenvalue weighted by atomic mass is 10.2. The summed E-state index contributed by atoms with van der Waals surface area (Å²) in [6, 6.07) is 21.4. The molecule has 0 heterocycles. The summed E-state index contributed by atoms with van der Waals surface area (Å²) in [4.78, 5) is 12.5. The first kappa shape index (κ1) is 22.3. The number of thiocarbonyl (C=S) groups is 1. The van der Waals surface area contributed by atoms with Crippen molar-refractivity contribution in [1.82, 2.24) is 5.32 Å². The van der Waals surface area contributed by atoms with Gasteiger partial charge in [0.05, 0.1) is 11.5 Å². The molecular formula is C22H21N3O4S2. The fourth-order valence-corrected chi connectivity index (χ4v) is 3.94. The smallest absolute Gasteiger partial charge is 0.261 e. The molecule has 1 amide bonds. The molecule has 0 saturated heterocycles. The Balaban J connectivity index is 1.61. The van der Waals surface area contributed by atoms with Crippen molar-refractivity contribution in [3.8, 4) is 5.75 Å². The Morgan fingerprint density at radius 3 is 2.32 bits per heavy atom. The lowest BCUT2D eigenvalue weighted by molar-refractivity contribution is 0.0977. The Bertz CT molecular complexity index is 1160. The number of hydrogen-bond donors (Lipinski definition) is 3. The molecule has 0 aliphatic carbocycles. The third-order valence-electron chi connectivity index (χ3n) is 4.08. The molecule has 3 N–H and O–H groups in total. The summed E-state index contributed by atoms with van der Waals surface area (Å²) >= 11 is 5.18. The van der Waals surface area contributed by atoms with Crippen molar-refractivity contribution in [3.63, 3.8) is 0 Å². The monoisotopic (exact) mass is 455 g/mol. The molecule has 0 spiro atoms. The van der Waals surface area contributed by atoms with Crippen LogP contribution in [0, 0.1) is 0 Å². The number of carbonyl (C=O) groups excluding carboxylic acids is 1. The van der Waals surface area contributed by atoms with E-state index in [1.54, 1.807) is 66.7 Å². The second-order valence-corrected chi connectivity index (χ2v) is 8.46. The zero-order valence-electron chi connectivity index (χ0n) is 16.7. The summed E-state index contributed by atoms with van der Waals surface area (Å²) in [6.07, 6.45) is 0. The molecule has 0 fully saturated rings. The van der Waals surface area contributed by atoms with E-state index in [1.807, 2.05) is 6.92 Å². The van der Waals surface area contributed by atoms with Crippen LogP contribution in [0.5, 0.6) is 5.75 Å². The minimum absolute atomic E-state index is 0.0878. The van der Waals surface area contributed by atoms with Crippen LogP contribution in [0.4, 0.5) is 11.4 Å². The van der Waals surface area contributed by atoms with E-state index in [4.69, 9.17) is 17.0 Å². The van der Waals surface area contributed by atoms with Crippen molar-refractivity contribution in [1.29, 1.82) is 0 Å². The molecule has 0 saturated carbocycles. The molecular weight excluding hydrogens is 434 g/mol. The van der Waals surface area contributed by atoms with Crippen molar-refractivity contribution in [2.75, 3.05) is 16.6 Å². The second kappa shape index (κ2) is 10.1. The maximum Gasteiger partial charge on any atom is 0.261 e. The van der Waals surface area contributed by atoms with Gasteiger partial charge in [-0.1, -0.05) is 24.3 Å². The van der Waals surface area contributed by atoms with Gasteiger partial charge in [0, 0.05) is 16.9 Å². The number of ether oxygens (including phenoxy) is 1. The number of anilines is 2. The third kappa shape index (κ3) is 6.27. The number of carbonyl (C=O) groups is 1. The van der Waals surface area contributed by atoms with Gasteiger partial charge >= 0.3 is 0 Å². The quantitative estimate of drug-likeness (QED) is 0.466. The zero-order valence-corrected chi connectivity index (χ0v) is 18.3. The normalized spacial score (nSPS) is 10.7. The fourth-order valence-electron chi connectivity index (χ4n) is 2.67. The van der Waals surface area contributed by atoms with Crippen molar-refractivity contribution in [2.45, 2.75) is 11.8 Å². The molecule has 3 aromatic carbocycles. The molecule has 0 aliphatic heterocycles. The van der Waals surface area contributed by atoms with E-state index in [0.29, 0.717) is 29.3 Å². The van der Waals surface area contributed by atoms with Crippen LogP contribution in [-0.4, -0.2) is 26.0 Å². The molecule has 160 valence electrons. The minimum Gasteiger partial charge on any atom is -0.494 e. The Hall–Kier alpha value is -3.43. The minimum atomic E-state index is -3.71. The van der Waals surface area contributed by atoms with Gasteiger partial charge in [-0.3, -0.25) is 14.8 Å². The van der Waals surface area contributed by atoms with Gasteiger partial charge in [-0.15, -0.1) is 0 Å². The van der Waals surface area contributed by atoms with Crippen molar-refractivity contribution < 1.29 is 17.9 Å². The summed E-state index contributed by atoms with van der Waals surface area (Å²) in [5, 5.41) is 5.54. The van der Waals surface area contributed by atoms with Gasteiger partial charge in [-0.2, -0.15) is 0 Å². The zero-order chi connectivity index (χ0) is 22.3. The maximum atomic E-state index is 12.5. The van der Waals surface area contributed by atoms with Gasteiger partial charge in [0.1, 0.15) is 5.75 Å². The van der Waals surface area contributed by atoms with E-state index in [-0.39, 0.29) is 15.9 Å². The number of sulfonamides is 1. The SMILES string of the molecule is CCOc1cccc(C(=O)NC(=S)Nc2ccc(S(=O)(=O)Nc3ccccc3)cc2)c1. The fraction of sp³-hybridized carbons (Fsp3) is 0.0909. The molecule has 0 radical (unpaired) electrons. The topological polar surface area (TPSA) is 96.5 Å². The Labute approximate surface area is 186 Å². The highest BCUT2D eigenvalue weighted by atomic mass is 32.2. The Morgan fingerprint density at radius 2 is 1.65 bits per heavy atom. The van der Waals surface area contributed by atoms with Gasteiger partial charge < -0.3 is 10.1 Å². The molecule has 7 nitrogen and oxygen atoms in total.